The Labute approximate surface area is 111 Å². The number of amides is 1. The zero-order chi connectivity index (χ0) is 12.6. The van der Waals surface area contributed by atoms with E-state index in [9.17, 15) is 4.79 Å². The molecule has 92 valence electrons. The van der Waals surface area contributed by atoms with E-state index in [0.29, 0.717) is 5.92 Å². The summed E-state index contributed by atoms with van der Waals surface area (Å²) in [5.41, 5.74) is 1.82. The highest BCUT2D eigenvalue weighted by Gasteiger charge is 2.34. The molecule has 0 radical (unpaired) electrons. The minimum atomic E-state index is 0.128. The Bertz CT molecular complexity index is 444. The highest BCUT2D eigenvalue weighted by atomic mass is 79.9. The van der Waals surface area contributed by atoms with Gasteiger partial charge in [0.05, 0.1) is 0 Å². The van der Waals surface area contributed by atoms with Gasteiger partial charge in [0, 0.05) is 23.6 Å². The third-order valence-corrected chi connectivity index (χ3v) is 4.49. The van der Waals surface area contributed by atoms with Gasteiger partial charge in [0.2, 0.25) is 0 Å². The quantitative estimate of drug-likeness (QED) is 0.836. The summed E-state index contributed by atoms with van der Waals surface area (Å²) in [5, 5.41) is 0. The first-order valence-electron chi connectivity index (χ1n) is 6.01. The van der Waals surface area contributed by atoms with Crippen LogP contribution in [-0.2, 0) is 0 Å². The van der Waals surface area contributed by atoms with Crippen LogP contribution in [0.1, 0.15) is 29.3 Å². The van der Waals surface area contributed by atoms with Crippen molar-refractivity contribution in [2.24, 2.45) is 11.8 Å². The standard InChI is InChI=1S/C14H18BrNO/c1-9-7-11(9)8-16(3)14(17)12-5-4-6-13(15)10(12)2/h4-6,9,11H,7-8H2,1-3H3. The van der Waals surface area contributed by atoms with Crippen LogP contribution in [0.5, 0.6) is 0 Å². The molecule has 0 saturated heterocycles. The summed E-state index contributed by atoms with van der Waals surface area (Å²) in [6.45, 7) is 5.10. The van der Waals surface area contributed by atoms with E-state index in [1.807, 2.05) is 37.1 Å². The van der Waals surface area contributed by atoms with E-state index in [1.54, 1.807) is 0 Å². The largest absolute Gasteiger partial charge is 0.341 e. The third kappa shape index (κ3) is 2.71. The molecule has 1 amide bonds. The summed E-state index contributed by atoms with van der Waals surface area (Å²) in [6, 6.07) is 5.78. The molecule has 0 N–H and O–H groups in total. The van der Waals surface area contributed by atoms with Crippen LogP contribution < -0.4 is 0 Å². The van der Waals surface area contributed by atoms with Crippen molar-refractivity contribution < 1.29 is 4.79 Å². The fourth-order valence-corrected chi connectivity index (χ4v) is 2.50. The summed E-state index contributed by atoms with van der Waals surface area (Å²) in [5.74, 6) is 1.62. The predicted molar refractivity (Wildman–Crippen MR) is 73.1 cm³/mol. The lowest BCUT2D eigenvalue weighted by molar-refractivity contribution is 0.0786. The van der Waals surface area contributed by atoms with Crippen molar-refractivity contribution in [1.29, 1.82) is 0 Å². The number of carbonyl (C=O) groups is 1. The van der Waals surface area contributed by atoms with Crippen molar-refractivity contribution in [2.75, 3.05) is 13.6 Å². The molecule has 1 aromatic carbocycles. The number of halogens is 1. The highest BCUT2D eigenvalue weighted by molar-refractivity contribution is 9.10. The van der Waals surface area contributed by atoms with Gasteiger partial charge in [-0.1, -0.05) is 28.9 Å². The molecule has 0 bridgehead atoms. The zero-order valence-electron chi connectivity index (χ0n) is 10.5. The third-order valence-electron chi connectivity index (χ3n) is 3.63. The van der Waals surface area contributed by atoms with Crippen LogP contribution in [0.15, 0.2) is 22.7 Å². The molecule has 1 aliphatic rings. The zero-order valence-corrected chi connectivity index (χ0v) is 12.1. The summed E-state index contributed by atoms with van der Waals surface area (Å²) in [6.07, 6.45) is 1.26. The fraction of sp³-hybridized carbons (Fsp3) is 0.500. The fourth-order valence-electron chi connectivity index (χ4n) is 2.13. The molecule has 1 saturated carbocycles. The lowest BCUT2D eigenvalue weighted by atomic mass is 10.1. The second-order valence-corrected chi connectivity index (χ2v) is 5.93. The predicted octanol–water partition coefficient (Wildman–Crippen LogP) is 3.49. The molecule has 0 aliphatic heterocycles. The molecule has 0 spiro atoms. The van der Waals surface area contributed by atoms with E-state index in [0.717, 1.165) is 28.1 Å². The molecule has 1 aliphatic carbocycles. The van der Waals surface area contributed by atoms with Crippen molar-refractivity contribution in [1.82, 2.24) is 4.90 Å². The highest BCUT2D eigenvalue weighted by Crippen LogP contribution is 2.38. The number of hydrogen-bond acceptors (Lipinski definition) is 1. The maximum absolute atomic E-state index is 12.3. The van der Waals surface area contributed by atoms with Crippen LogP contribution in [-0.4, -0.2) is 24.4 Å². The average molecular weight is 296 g/mol. The van der Waals surface area contributed by atoms with Crippen LogP contribution in [0.4, 0.5) is 0 Å². The van der Waals surface area contributed by atoms with E-state index < -0.39 is 0 Å². The van der Waals surface area contributed by atoms with Gasteiger partial charge in [-0.3, -0.25) is 4.79 Å². The summed E-state index contributed by atoms with van der Waals surface area (Å²) in [4.78, 5) is 14.1. The second-order valence-electron chi connectivity index (χ2n) is 5.07. The van der Waals surface area contributed by atoms with E-state index in [-0.39, 0.29) is 5.91 Å². The van der Waals surface area contributed by atoms with E-state index in [2.05, 4.69) is 22.9 Å². The molecule has 2 rings (SSSR count). The van der Waals surface area contributed by atoms with Crippen LogP contribution in [0.25, 0.3) is 0 Å². The number of benzene rings is 1. The van der Waals surface area contributed by atoms with Gasteiger partial charge in [0.1, 0.15) is 0 Å². The smallest absolute Gasteiger partial charge is 0.253 e. The molecule has 17 heavy (non-hydrogen) atoms. The normalized spacial score (nSPS) is 22.4. The van der Waals surface area contributed by atoms with Crippen molar-refractivity contribution in [2.45, 2.75) is 20.3 Å². The molecule has 0 heterocycles. The van der Waals surface area contributed by atoms with E-state index in [1.165, 1.54) is 6.42 Å². The molecule has 1 aromatic rings. The van der Waals surface area contributed by atoms with Crippen molar-refractivity contribution in [3.63, 3.8) is 0 Å². The van der Waals surface area contributed by atoms with Crippen molar-refractivity contribution in [3.8, 4) is 0 Å². The maximum atomic E-state index is 12.3. The Kier molecular flexibility index (Phi) is 3.57. The van der Waals surface area contributed by atoms with E-state index in [4.69, 9.17) is 0 Å². The molecule has 2 nitrogen and oxygen atoms in total. The van der Waals surface area contributed by atoms with Crippen LogP contribution in [0, 0.1) is 18.8 Å². The monoisotopic (exact) mass is 295 g/mol. The minimum absolute atomic E-state index is 0.128. The molecular weight excluding hydrogens is 278 g/mol. The second kappa shape index (κ2) is 4.81. The first-order valence-corrected chi connectivity index (χ1v) is 6.80. The topological polar surface area (TPSA) is 20.3 Å². The lowest BCUT2D eigenvalue weighted by Gasteiger charge is -2.18. The van der Waals surface area contributed by atoms with Crippen LogP contribution in [0.3, 0.4) is 0 Å². The Hall–Kier alpha value is -0.830. The average Bonchev–Trinajstić information content (AvgIpc) is 2.97. The Morgan fingerprint density at radius 2 is 2.18 bits per heavy atom. The number of nitrogens with zero attached hydrogens (tertiary/aromatic N) is 1. The first kappa shape index (κ1) is 12.6. The van der Waals surface area contributed by atoms with Gasteiger partial charge < -0.3 is 4.90 Å². The molecule has 2 unspecified atom stereocenters. The van der Waals surface area contributed by atoms with Crippen molar-refractivity contribution in [3.05, 3.63) is 33.8 Å². The molecule has 3 heteroatoms. The van der Waals surface area contributed by atoms with Gasteiger partial charge in [0.25, 0.3) is 5.91 Å². The Morgan fingerprint density at radius 1 is 1.53 bits per heavy atom. The molecular formula is C14H18BrNO. The number of carbonyl (C=O) groups excluding carboxylic acids is 1. The summed E-state index contributed by atoms with van der Waals surface area (Å²) >= 11 is 3.47. The van der Waals surface area contributed by atoms with Gasteiger partial charge >= 0.3 is 0 Å². The van der Waals surface area contributed by atoms with Gasteiger partial charge in [-0.25, -0.2) is 0 Å². The minimum Gasteiger partial charge on any atom is -0.341 e. The summed E-state index contributed by atoms with van der Waals surface area (Å²) < 4.78 is 0.997. The molecule has 2 atom stereocenters. The van der Waals surface area contributed by atoms with Gasteiger partial charge in [-0.05, 0) is 42.9 Å². The van der Waals surface area contributed by atoms with Gasteiger partial charge in [-0.15, -0.1) is 0 Å². The summed E-state index contributed by atoms with van der Waals surface area (Å²) in [7, 11) is 1.90. The SMILES string of the molecule is Cc1c(Br)cccc1C(=O)N(C)CC1CC1C. The van der Waals surface area contributed by atoms with Gasteiger partial charge in [-0.2, -0.15) is 0 Å². The number of rotatable bonds is 3. The van der Waals surface area contributed by atoms with Crippen molar-refractivity contribution >= 4 is 21.8 Å². The molecule has 1 fully saturated rings. The first-order chi connectivity index (χ1) is 8.00. The lowest BCUT2D eigenvalue weighted by Crippen LogP contribution is -2.29. The van der Waals surface area contributed by atoms with Crippen LogP contribution in [0.2, 0.25) is 0 Å². The van der Waals surface area contributed by atoms with Crippen LogP contribution >= 0.6 is 15.9 Å². The molecule has 0 aromatic heterocycles. The Balaban J connectivity index is 2.10. The van der Waals surface area contributed by atoms with Gasteiger partial charge in [0.15, 0.2) is 0 Å². The van der Waals surface area contributed by atoms with E-state index >= 15 is 0 Å². The number of hydrogen-bond donors (Lipinski definition) is 0. The Morgan fingerprint density at radius 3 is 2.76 bits per heavy atom. The maximum Gasteiger partial charge on any atom is 0.253 e.